The molecule has 0 fully saturated rings. The normalized spacial score (nSPS) is 10.6. The Labute approximate surface area is 89.4 Å². The molecule has 1 aromatic carbocycles. The molecule has 78 valence electrons. The summed E-state index contributed by atoms with van der Waals surface area (Å²) in [5.41, 5.74) is 9.96. The maximum absolute atomic E-state index is 5.55. The molecule has 0 aliphatic heterocycles. The highest BCUT2D eigenvalue weighted by atomic mass is 14.9. The van der Waals surface area contributed by atoms with Crippen LogP contribution in [0.1, 0.15) is 17.1 Å². The van der Waals surface area contributed by atoms with Crippen molar-refractivity contribution in [2.45, 2.75) is 20.4 Å². The highest BCUT2D eigenvalue weighted by Gasteiger charge is 2.05. The van der Waals surface area contributed by atoms with E-state index in [0.29, 0.717) is 6.54 Å². The van der Waals surface area contributed by atoms with Crippen LogP contribution in [0.2, 0.25) is 0 Å². The first-order valence-corrected chi connectivity index (χ1v) is 5.03. The Balaban J connectivity index is 2.41. The molecule has 3 nitrogen and oxygen atoms in total. The second kappa shape index (κ2) is 3.87. The van der Waals surface area contributed by atoms with Gasteiger partial charge in [-0.25, -0.2) is 4.98 Å². The first kappa shape index (κ1) is 9.93. The molecule has 3 N–H and O–H groups in total. The van der Waals surface area contributed by atoms with Crippen molar-refractivity contribution in [3.63, 3.8) is 0 Å². The van der Waals surface area contributed by atoms with Crippen LogP contribution >= 0.6 is 0 Å². The number of hydrogen-bond acceptors (Lipinski definition) is 2. The van der Waals surface area contributed by atoms with Gasteiger partial charge < -0.3 is 10.7 Å². The fourth-order valence-corrected chi connectivity index (χ4v) is 1.69. The molecular formula is C12H15N3. The predicted octanol–water partition coefficient (Wildman–Crippen LogP) is 2.15. The van der Waals surface area contributed by atoms with Gasteiger partial charge in [0.2, 0.25) is 0 Å². The third-order valence-corrected chi connectivity index (χ3v) is 2.47. The highest BCUT2D eigenvalue weighted by molar-refractivity contribution is 5.62. The summed E-state index contributed by atoms with van der Waals surface area (Å²) in [4.78, 5) is 7.65. The van der Waals surface area contributed by atoms with Crippen molar-refractivity contribution in [2.75, 3.05) is 0 Å². The Bertz CT molecular complexity index is 454. The number of benzene rings is 1. The maximum Gasteiger partial charge on any atom is 0.103 e. The molecule has 0 bridgehead atoms. The number of H-pyrrole nitrogens is 1. The second-order valence-corrected chi connectivity index (χ2v) is 3.70. The van der Waals surface area contributed by atoms with E-state index in [2.05, 4.69) is 22.1 Å². The van der Waals surface area contributed by atoms with Gasteiger partial charge in [-0.05, 0) is 19.4 Å². The van der Waals surface area contributed by atoms with E-state index in [4.69, 9.17) is 5.73 Å². The van der Waals surface area contributed by atoms with Gasteiger partial charge in [-0.3, -0.25) is 0 Å². The van der Waals surface area contributed by atoms with E-state index < -0.39 is 0 Å². The Morgan fingerprint density at radius 3 is 2.33 bits per heavy atom. The standard InChI is InChI=1S/C12H15N3/c1-8-12(15-9(2)14-8)11-5-3-10(7-13)4-6-11/h3-6H,7,13H2,1-2H3,(H,14,15). The quantitative estimate of drug-likeness (QED) is 0.782. The molecular weight excluding hydrogens is 186 g/mol. The van der Waals surface area contributed by atoms with E-state index in [-0.39, 0.29) is 0 Å². The van der Waals surface area contributed by atoms with E-state index >= 15 is 0 Å². The number of nitrogens with zero attached hydrogens (tertiary/aromatic N) is 1. The number of nitrogens with two attached hydrogens (primary N) is 1. The van der Waals surface area contributed by atoms with Crippen LogP contribution in [-0.4, -0.2) is 9.97 Å². The minimum atomic E-state index is 0.582. The number of aromatic amines is 1. The highest BCUT2D eigenvalue weighted by Crippen LogP contribution is 2.21. The summed E-state index contributed by atoms with van der Waals surface area (Å²) < 4.78 is 0. The van der Waals surface area contributed by atoms with Gasteiger partial charge in [-0.1, -0.05) is 24.3 Å². The Morgan fingerprint density at radius 2 is 1.87 bits per heavy atom. The number of rotatable bonds is 2. The molecule has 0 saturated heterocycles. The number of aryl methyl sites for hydroxylation is 2. The van der Waals surface area contributed by atoms with Crippen molar-refractivity contribution >= 4 is 0 Å². The molecule has 2 rings (SSSR count). The fourth-order valence-electron chi connectivity index (χ4n) is 1.69. The molecule has 0 amide bonds. The Hall–Kier alpha value is -1.61. The third kappa shape index (κ3) is 1.92. The summed E-state index contributed by atoms with van der Waals surface area (Å²) in [5, 5.41) is 0. The van der Waals surface area contributed by atoms with E-state index in [9.17, 15) is 0 Å². The number of aromatic nitrogens is 2. The van der Waals surface area contributed by atoms with E-state index in [1.54, 1.807) is 0 Å². The lowest BCUT2D eigenvalue weighted by Gasteiger charge is -2.00. The molecule has 15 heavy (non-hydrogen) atoms. The van der Waals surface area contributed by atoms with Gasteiger partial charge in [0.05, 0.1) is 5.69 Å². The largest absolute Gasteiger partial charge is 0.346 e. The zero-order chi connectivity index (χ0) is 10.8. The van der Waals surface area contributed by atoms with Crippen molar-refractivity contribution in [3.8, 4) is 11.3 Å². The molecule has 0 atom stereocenters. The zero-order valence-electron chi connectivity index (χ0n) is 9.04. The number of hydrogen-bond donors (Lipinski definition) is 2. The van der Waals surface area contributed by atoms with Crippen LogP contribution in [0.3, 0.4) is 0 Å². The van der Waals surface area contributed by atoms with Crippen LogP contribution < -0.4 is 5.73 Å². The van der Waals surface area contributed by atoms with Gasteiger partial charge in [-0.2, -0.15) is 0 Å². The van der Waals surface area contributed by atoms with Gasteiger partial charge >= 0.3 is 0 Å². The van der Waals surface area contributed by atoms with Crippen LogP contribution in [0.4, 0.5) is 0 Å². The van der Waals surface area contributed by atoms with Crippen LogP contribution in [0.15, 0.2) is 24.3 Å². The van der Waals surface area contributed by atoms with Gasteiger partial charge in [0, 0.05) is 17.8 Å². The van der Waals surface area contributed by atoms with Crippen molar-refractivity contribution in [1.29, 1.82) is 0 Å². The molecule has 1 heterocycles. The van der Waals surface area contributed by atoms with Crippen LogP contribution in [-0.2, 0) is 6.54 Å². The van der Waals surface area contributed by atoms with Crippen molar-refractivity contribution in [3.05, 3.63) is 41.3 Å². The fraction of sp³-hybridized carbons (Fsp3) is 0.250. The van der Waals surface area contributed by atoms with E-state index in [0.717, 1.165) is 28.3 Å². The Kier molecular flexibility index (Phi) is 2.56. The topological polar surface area (TPSA) is 54.7 Å². The maximum atomic E-state index is 5.55. The van der Waals surface area contributed by atoms with Crippen LogP contribution in [0.5, 0.6) is 0 Å². The summed E-state index contributed by atoms with van der Waals surface area (Å²) in [6.45, 7) is 4.58. The van der Waals surface area contributed by atoms with Crippen molar-refractivity contribution in [2.24, 2.45) is 5.73 Å². The molecule has 3 heteroatoms. The first-order valence-electron chi connectivity index (χ1n) is 5.03. The smallest absolute Gasteiger partial charge is 0.103 e. The molecule has 0 radical (unpaired) electrons. The van der Waals surface area contributed by atoms with Gasteiger partial charge in [0.15, 0.2) is 0 Å². The summed E-state index contributed by atoms with van der Waals surface area (Å²) >= 11 is 0. The SMILES string of the molecule is Cc1nc(-c2ccc(CN)cc2)c(C)[nH]1. The van der Waals surface area contributed by atoms with Crippen LogP contribution in [0.25, 0.3) is 11.3 Å². The molecule has 0 saturated carbocycles. The molecule has 0 aliphatic rings. The van der Waals surface area contributed by atoms with Gasteiger partial charge in [-0.15, -0.1) is 0 Å². The molecule has 2 aromatic rings. The minimum absolute atomic E-state index is 0.582. The van der Waals surface area contributed by atoms with E-state index in [1.165, 1.54) is 0 Å². The minimum Gasteiger partial charge on any atom is -0.346 e. The second-order valence-electron chi connectivity index (χ2n) is 3.70. The number of nitrogens with one attached hydrogen (secondary N) is 1. The van der Waals surface area contributed by atoms with Crippen molar-refractivity contribution < 1.29 is 0 Å². The lowest BCUT2D eigenvalue weighted by molar-refractivity contribution is 1.07. The van der Waals surface area contributed by atoms with Gasteiger partial charge in [0.25, 0.3) is 0 Å². The first-order chi connectivity index (χ1) is 7.20. The average Bonchev–Trinajstić information content (AvgIpc) is 2.58. The Morgan fingerprint density at radius 1 is 1.20 bits per heavy atom. The predicted molar refractivity (Wildman–Crippen MR) is 61.4 cm³/mol. The lowest BCUT2D eigenvalue weighted by Crippen LogP contribution is -1.95. The monoisotopic (exact) mass is 201 g/mol. The summed E-state index contributed by atoms with van der Waals surface area (Å²) in [7, 11) is 0. The molecule has 0 aliphatic carbocycles. The van der Waals surface area contributed by atoms with E-state index in [1.807, 2.05) is 26.0 Å². The number of imidazole rings is 1. The zero-order valence-corrected chi connectivity index (χ0v) is 9.04. The summed E-state index contributed by atoms with van der Waals surface area (Å²) in [6, 6.07) is 8.20. The molecule has 0 spiro atoms. The summed E-state index contributed by atoms with van der Waals surface area (Å²) in [6.07, 6.45) is 0. The van der Waals surface area contributed by atoms with Gasteiger partial charge in [0.1, 0.15) is 5.82 Å². The van der Waals surface area contributed by atoms with Crippen LogP contribution in [0, 0.1) is 13.8 Å². The third-order valence-electron chi connectivity index (χ3n) is 2.47. The average molecular weight is 201 g/mol. The summed E-state index contributed by atoms with van der Waals surface area (Å²) in [5.74, 6) is 0.949. The lowest BCUT2D eigenvalue weighted by atomic mass is 10.1. The van der Waals surface area contributed by atoms with Crippen molar-refractivity contribution in [1.82, 2.24) is 9.97 Å². The molecule has 1 aromatic heterocycles. The molecule has 0 unspecified atom stereocenters.